The van der Waals surface area contributed by atoms with Crippen molar-refractivity contribution in [2.75, 3.05) is 0 Å². The van der Waals surface area contributed by atoms with Crippen molar-refractivity contribution in [3.05, 3.63) is 29.3 Å². The number of nitrogens with zero attached hydrogens (tertiary/aromatic N) is 1. The molecule has 3 atom stereocenters. The lowest BCUT2D eigenvalue weighted by molar-refractivity contribution is -0.145. The van der Waals surface area contributed by atoms with Crippen molar-refractivity contribution in [3.8, 4) is 5.75 Å². The SMILES string of the molecule is Cc1cccc(C(C(=O)NC(C)C)N(C(=O)C(C)NC(=O)OC(C)(C)C)C(C)CCC(C)C)c1O. The number of rotatable bonds is 10. The number of carbonyl (C=O) groups is 3. The number of hydrogen-bond donors (Lipinski definition) is 3. The second-order valence-corrected chi connectivity index (χ2v) is 11.0. The summed E-state index contributed by atoms with van der Waals surface area (Å²) >= 11 is 0. The maximum absolute atomic E-state index is 13.8. The number of aromatic hydroxyl groups is 1. The van der Waals surface area contributed by atoms with Crippen LogP contribution in [-0.2, 0) is 14.3 Å². The molecule has 0 aliphatic carbocycles. The Labute approximate surface area is 210 Å². The summed E-state index contributed by atoms with van der Waals surface area (Å²) in [5.74, 6) is -0.452. The Morgan fingerprint density at radius 1 is 1.00 bits per heavy atom. The van der Waals surface area contributed by atoms with Gasteiger partial charge in [0.25, 0.3) is 0 Å². The molecule has 1 rings (SSSR count). The maximum Gasteiger partial charge on any atom is 0.408 e. The van der Waals surface area contributed by atoms with Crippen LogP contribution in [0.25, 0.3) is 0 Å². The van der Waals surface area contributed by atoms with Crippen LogP contribution in [0.3, 0.4) is 0 Å². The highest BCUT2D eigenvalue weighted by atomic mass is 16.6. The predicted molar refractivity (Wildman–Crippen MR) is 138 cm³/mol. The minimum absolute atomic E-state index is 0.0296. The molecule has 3 N–H and O–H groups in total. The second kappa shape index (κ2) is 12.8. The van der Waals surface area contributed by atoms with E-state index < -0.39 is 35.6 Å². The van der Waals surface area contributed by atoms with Gasteiger partial charge in [0.15, 0.2) is 0 Å². The van der Waals surface area contributed by atoms with Crippen molar-refractivity contribution in [2.24, 2.45) is 5.92 Å². The molecule has 0 saturated heterocycles. The van der Waals surface area contributed by atoms with Gasteiger partial charge in [-0.1, -0.05) is 32.0 Å². The zero-order valence-corrected chi connectivity index (χ0v) is 23.1. The summed E-state index contributed by atoms with van der Waals surface area (Å²) in [5.41, 5.74) is 0.230. The summed E-state index contributed by atoms with van der Waals surface area (Å²) in [7, 11) is 0. The van der Waals surface area contributed by atoms with Gasteiger partial charge in [0, 0.05) is 17.6 Å². The second-order valence-electron chi connectivity index (χ2n) is 11.0. The van der Waals surface area contributed by atoms with Crippen molar-refractivity contribution in [1.82, 2.24) is 15.5 Å². The first-order valence-corrected chi connectivity index (χ1v) is 12.5. The highest BCUT2D eigenvalue weighted by molar-refractivity contribution is 5.92. The molecule has 1 aromatic carbocycles. The summed E-state index contributed by atoms with van der Waals surface area (Å²) in [6.45, 7) is 18.3. The maximum atomic E-state index is 13.8. The number of carbonyl (C=O) groups excluding carboxylic acids is 3. The summed E-state index contributed by atoms with van der Waals surface area (Å²) < 4.78 is 5.32. The number of amides is 3. The lowest BCUT2D eigenvalue weighted by atomic mass is 9.95. The van der Waals surface area contributed by atoms with Crippen LogP contribution in [0.5, 0.6) is 5.75 Å². The van der Waals surface area contributed by atoms with Crippen LogP contribution in [0.2, 0.25) is 0 Å². The molecule has 0 radical (unpaired) electrons. The number of hydrogen-bond acceptors (Lipinski definition) is 5. The minimum atomic E-state index is -1.07. The fourth-order valence-corrected chi connectivity index (χ4v) is 3.77. The Morgan fingerprint density at radius 2 is 1.60 bits per heavy atom. The molecule has 8 nitrogen and oxygen atoms in total. The van der Waals surface area contributed by atoms with Crippen molar-refractivity contribution in [2.45, 2.75) is 112 Å². The molecule has 0 fully saturated rings. The van der Waals surface area contributed by atoms with Gasteiger partial charge in [0.2, 0.25) is 11.8 Å². The average Bonchev–Trinajstić information content (AvgIpc) is 2.70. The third-order valence-corrected chi connectivity index (χ3v) is 5.52. The van der Waals surface area contributed by atoms with Crippen molar-refractivity contribution >= 4 is 17.9 Å². The molecule has 0 aliphatic heterocycles. The molecule has 0 saturated carbocycles. The van der Waals surface area contributed by atoms with E-state index in [0.717, 1.165) is 6.42 Å². The highest BCUT2D eigenvalue weighted by Crippen LogP contribution is 2.34. The molecule has 3 amide bonds. The molecule has 8 heteroatoms. The normalized spacial score (nSPS) is 14.3. The topological polar surface area (TPSA) is 108 Å². The number of aryl methyl sites for hydroxylation is 1. The quantitative estimate of drug-likeness (QED) is 0.434. The fraction of sp³-hybridized carbons (Fsp3) is 0.667. The van der Waals surface area contributed by atoms with Gasteiger partial charge in [0.05, 0.1) is 0 Å². The van der Waals surface area contributed by atoms with Gasteiger partial charge in [-0.3, -0.25) is 9.59 Å². The van der Waals surface area contributed by atoms with Crippen LogP contribution in [0.4, 0.5) is 4.79 Å². The van der Waals surface area contributed by atoms with Crippen LogP contribution < -0.4 is 10.6 Å². The van der Waals surface area contributed by atoms with Crippen LogP contribution in [0.15, 0.2) is 18.2 Å². The van der Waals surface area contributed by atoms with Gasteiger partial charge in [-0.25, -0.2) is 4.79 Å². The smallest absolute Gasteiger partial charge is 0.408 e. The first kappa shape index (κ1) is 30.3. The average molecular weight is 492 g/mol. The largest absolute Gasteiger partial charge is 0.507 e. The molecule has 0 bridgehead atoms. The third-order valence-electron chi connectivity index (χ3n) is 5.52. The number of alkyl carbamates (subject to hydrolysis) is 1. The van der Waals surface area contributed by atoms with E-state index >= 15 is 0 Å². The van der Waals surface area contributed by atoms with Crippen molar-refractivity contribution in [1.29, 1.82) is 0 Å². The predicted octanol–water partition coefficient (Wildman–Crippen LogP) is 4.83. The van der Waals surface area contributed by atoms with Crippen molar-refractivity contribution in [3.63, 3.8) is 0 Å². The molecule has 0 aromatic heterocycles. The van der Waals surface area contributed by atoms with Crippen LogP contribution >= 0.6 is 0 Å². The zero-order chi connectivity index (χ0) is 27.1. The Kier molecular flexibility index (Phi) is 11.1. The number of benzene rings is 1. The molecule has 0 spiro atoms. The van der Waals surface area contributed by atoms with E-state index in [1.807, 2.05) is 20.8 Å². The summed E-state index contributed by atoms with van der Waals surface area (Å²) in [6.07, 6.45) is 0.785. The van der Waals surface area contributed by atoms with Crippen LogP contribution in [-0.4, -0.2) is 51.6 Å². The number of phenolic OH excluding ortho intramolecular Hbond substituents is 1. The van der Waals surface area contributed by atoms with E-state index in [2.05, 4.69) is 24.5 Å². The van der Waals surface area contributed by atoms with E-state index in [4.69, 9.17) is 4.74 Å². The van der Waals surface area contributed by atoms with Gasteiger partial charge in [-0.15, -0.1) is 0 Å². The van der Waals surface area contributed by atoms with Gasteiger partial charge in [-0.05, 0) is 79.7 Å². The van der Waals surface area contributed by atoms with Gasteiger partial charge in [-0.2, -0.15) is 0 Å². The first-order chi connectivity index (χ1) is 16.0. The van der Waals surface area contributed by atoms with Gasteiger partial charge < -0.3 is 25.4 Å². The summed E-state index contributed by atoms with van der Waals surface area (Å²) in [4.78, 5) is 41.2. The monoisotopic (exact) mass is 491 g/mol. The van der Waals surface area contributed by atoms with E-state index in [1.54, 1.807) is 52.8 Å². The molecule has 1 aromatic rings. The Bertz CT molecular complexity index is 876. The molecule has 0 aliphatic rings. The number of para-hydroxylation sites is 1. The lowest BCUT2D eigenvalue weighted by Gasteiger charge is -2.38. The van der Waals surface area contributed by atoms with Crippen molar-refractivity contribution < 1.29 is 24.2 Å². The summed E-state index contributed by atoms with van der Waals surface area (Å²) in [5, 5.41) is 16.4. The van der Waals surface area contributed by atoms with Gasteiger partial charge >= 0.3 is 6.09 Å². The van der Waals surface area contributed by atoms with Crippen LogP contribution in [0, 0.1) is 12.8 Å². The number of phenols is 1. The Hall–Kier alpha value is -2.77. The molecule has 35 heavy (non-hydrogen) atoms. The van der Waals surface area contributed by atoms with Crippen LogP contribution in [0.1, 0.15) is 92.3 Å². The molecular formula is C27H45N3O5. The summed E-state index contributed by atoms with van der Waals surface area (Å²) in [6, 6.07) is 2.63. The molecule has 198 valence electrons. The highest BCUT2D eigenvalue weighted by Gasteiger charge is 2.39. The molecular weight excluding hydrogens is 446 g/mol. The van der Waals surface area contributed by atoms with Gasteiger partial charge in [0.1, 0.15) is 23.4 Å². The molecule has 3 unspecified atom stereocenters. The van der Waals surface area contributed by atoms with E-state index in [-0.39, 0.29) is 17.8 Å². The number of nitrogens with one attached hydrogen (secondary N) is 2. The molecule has 0 heterocycles. The zero-order valence-electron chi connectivity index (χ0n) is 23.1. The number of ether oxygens (including phenoxy) is 1. The standard InChI is InChI=1S/C27H45N3O5/c1-16(2)14-15-19(6)30(25(33)20(7)29-26(34)35-27(8,9)10)22(24(32)28-17(3)4)21-13-11-12-18(5)23(21)31/h11-13,16-17,19-20,22,31H,14-15H2,1-10H3,(H,28,32)(H,29,34). The lowest BCUT2D eigenvalue weighted by Crippen LogP contribution is -2.55. The minimum Gasteiger partial charge on any atom is -0.507 e. The van der Waals surface area contributed by atoms with E-state index in [9.17, 15) is 19.5 Å². The van der Waals surface area contributed by atoms with E-state index in [1.165, 1.54) is 4.90 Å². The van der Waals surface area contributed by atoms with E-state index in [0.29, 0.717) is 23.5 Å². The first-order valence-electron chi connectivity index (χ1n) is 12.5. The Balaban J connectivity index is 3.52. The fourth-order valence-electron chi connectivity index (χ4n) is 3.77. The third kappa shape index (κ3) is 9.42. The Morgan fingerprint density at radius 3 is 2.11 bits per heavy atom.